The maximum atomic E-state index is 13.3. The van der Waals surface area contributed by atoms with Gasteiger partial charge < -0.3 is 15.7 Å². The Morgan fingerprint density at radius 1 is 1.28 bits per heavy atom. The molecule has 2 amide bonds. The molecule has 0 aromatic heterocycles. The van der Waals surface area contributed by atoms with Gasteiger partial charge in [0.15, 0.2) is 5.60 Å². The first-order valence-electron chi connectivity index (χ1n) is 8.88. The number of amides is 2. The van der Waals surface area contributed by atoms with Crippen LogP contribution in [0.5, 0.6) is 0 Å². The minimum absolute atomic E-state index is 0.0105. The molecular formula is C20H19ClF4N2O2. The van der Waals surface area contributed by atoms with Crippen molar-refractivity contribution in [2.75, 3.05) is 5.32 Å². The molecule has 2 aromatic rings. The number of anilines is 1. The first-order chi connectivity index (χ1) is 13.4. The Hall–Kier alpha value is -2.32. The standard InChI is InChI=1S/C20H19ClF4N2O2/c1-10-14-7-8-19(29,20(23,24)25)15(14)9-16(21)17(10)27-18(28)26-11(2)12-3-5-13(22)6-4-12/h3-6,9,11,29H,7-8H2,1-2H3,(H2,26,27,28)/t11-,19+/m1/s1. The Bertz CT molecular complexity index is 947. The summed E-state index contributed by atoms with van der Waals surface area (Å²) in [5.74, 6) is -0.398. The minimum atomic E-state index is -4.83. The molecule has 0 radical (unpaired) electrons. The number of hydrogen-bond acceptors (Lipinski definition) is 2. The zero-order valence-electron chi connectivity index (χ0n) is 15.6. The number of carbonyl (C=O) groups excluding carboxylic acids is 1. The van der Waals surface area contributed by atoms with E-state index in [1.54, 1.807) is 13.8 Å². The highest BCUT2D eigenvalue weighted by atomic mass is 35.5. The number of fused-ring (bicyclic) bond motifs is 1. The third-order valence-electron chi connectivity index (χ3n) is 5.27. The second-order valence-electron chi connectivity index (χ2n) is 7.11. The van der Waals surface area contributed by atoms with Crippen LogP contribution in [0, 0.1) is 12.7 Å². The van der Waals surface area contributed by atoms with Crippen LogP contribution >= 0.6 is 11.6 Å². The van der Waals surface area contributed by atoms with Crippen molar-refractivity contribution in [2.24, 2.45) is 0 Å². The van der Waals surface area contributed by atoms with Crippen LogP contribution < -0.4 is 10.6 Å². The van der Waals surface area contributed by atoms with Crippen molar-refractivity contribution in [3.63, 3.8) is 0 Å². The Kier molecular flexibility index (Phi) is 5.53. The molecule has 2 aromatic carbocycles. The summed E-state index contributed by atoms with van der Waals surface area (Å²) in [4.78, 5) is 12.4. The number of rotatable bonds is 3. The van der Waals surface area contributed by atoms with Gasteiger partial charge in [0.1, 0.15) is 5.82 Å². The molecule has 0 unspecified atom stereocenters. The lowest BCUT2D eigenvalue weighted by molar-refractivity contribution is -0.265. The zero-order chi connectivity index (χ0) is 21.6. The van der Waals surface area contributed by atoms with Gasteiger partial charge in [0, 0.05) is 0 Å². The molecule has 0 bridgehead atoms. The van der Waals surface area contributed by atoms with E-state index in [0.717, 1.165) is 6.07 Å². The van der Waals surface area contributed by atoms with Gasteiger partial charge in [-0.25, -0.2) is 9.18 Å². The Balaban J connectivity index is 1.82. The van der Waals surface area contributed by atoms with E-state index in [-0.39, 0.29) is 22.7 Å². The summed E-state index contributed by atoms with van der Waals surface area (Å²) >= 11 is 6.14. The lowest BCUT2D eigenvalue weighted by atomic mass is 9.93. The normalized spacial score (nSPS) is 19.6. The molecule has 0 heterocycles. The van der Waals surface area contributed by atoms with Crippen LogP contribution in [0.25, 0.3) is 0 Å². The summed E-state index contributed by atoms with van der Waals surface area (Å²) in [6, 6.07) is 5.61. The summed E-state index contributed by atoms with van der Waals surface area (Å²) in [6.07, 6.45) is -5.32. The SMILES string of the molecule is Cc1c2c(cc(Cl)c1NC(=O)N[C@H](C)c1ccc(F)cc1)[C@](O)(C(F)(F)F)CC2. The predicted octanol–water partition coefficient (Wildman–Crippen LogP) is 5.37. The fraction of sp³-hybridized carbons (Fsp3) is 0.350. The number of hydrogen-bond donors (Lipinski definition) is 3. The van der Waals surface area contributed by atoms with Crippen molar-refractivity contribution in [2.45, 2.75) is 44.5 Å². The smallest absolute Gasteiger partial charge is 0.376 e. The minimum Gasteiger partial charge on any atom is -0.376 e. The number of urea groups is 1. The van der Waals surface area contributed by atoms with Gasteiger partial charge >= 0.3 is 12.2 Å². The number of halogens is 5. The van der Waals surface area contributed by atoms with Crippen LogP contribution in [0.4, 0.5) is 28.0 Å². The highest BCUT2D eigenvalue weighted by Gasteiger charge is 2.58. The molecule has 9 heteroatoms. The quantitative estimate of drug-likeness (QED) is 0.573. The van der Waals surface area contributed by atoms with Gasteiger partial charge in [0.05, 0.1) is 16.8 Å². The summed E-state index contributed by atoms with van der Waals surface area (Å²) in [5, 5.41) is 15.3. The van der Waals surface area contributed by atoms with Gasteiger partial charge in [0.25, 0.3) is 0 Å². The fourth-order valence-electron chi connectivity index (χ4n) is 3.58. The molecule has 0 spiro atoms. The van der Waals surface area contributed by atoms with E-state index in [9.17, 15) is 27.5 Å². The van der Waals surface area contributed by atoms with E-state index < -0.39 is 36.1 Å². The molecule has 0 saturated carbocycles. The summed E-state index contributed by atoms with van der Waals surface area (Å²) < 4.78 is 53.0. The van der Waals surface area contributed by atoms with Gasteiger partial charge in [-0.2, -0.15) is 13.2 Å². The van der Waals surface area contributed by atoms with Crippen molar-refractivity contribution in [1.29, 1.82) is 0 Å². The maximum absolute atomic E-state index is 13.3. The number of nitrogens with one attached hydrogen (secondary N) is 2. The van der Waals surface area contributed by atoms with E-state index in [0.29, 0.717) is 16.7 Å². The van der Waals surface area contributed by atoms with Crippen LogP contribution in [0.2, 0.25) is 5.02 Å². The van der Waals surface area contributed by atoms with E-state index in [2.05, 4.69) is 10.6 Å². The Labute approximate surface area is 169 Å². The molecular weight excluding hydrogens is 412 g/mol. The van der Waals surface area contributed by atoms with Gasteiger partial charge in [0.2, 0.25) is 0 Å². The average Bonchev–Trinajstić information content (AvgIpc) is 2.97. The van der Waals surface area contributed by atoms with Crippen molar-refractivity contribution in [3.05, 3.63) is 63.4 Å². The number of carbonyl (C=O) groups is 1. The van der Waals surface area contributed by atoms with Crippen LogP contribution in [0.1, 0.15) is 41.6 Å². The summed E-state index contributed by atoms with van der Waals surface area (Å²) in [5.41, 5.74) is -1.69. The Morgan fingerprint density at radius 3 is 2.48 bits per heavy atom. The molecule has 29 heavy (non-hydrogen) atoms. The molecule has 1 aliphatic rings. The van der Waals surface area contributed by atoms with Gasteiger partial charge in [-0.05, 0) is 67.1 Å². The Morgan fingerprint density at radius 2 is 1.90 bits per heavy atom. The first-order valence-corrected chi connectivity index (χ1v) is 9.26. The molecule has 3 rings (SSSR count). The van der Waals surface area contributed by atoms with E-state index in [4.69, 9.17) is 11.6 Å². The van der Waals surface area contributed by atoms with Gasteiger partial charge in [-0.15, -0.1) is 0 Å². The second-order valence-corrected chi connectivity index (χ2v) is 7.52. The highest BCUT2D eigenvalue weighted by Crippen LogP contribution is 2.51. The molecule has 3 N–H and O–H groups in total. The fourth-order valence-corrected chi connectivity index (χ4v) is 3.88. The number of benzene rings is 2. The van der Waals surface area contributed by atoms with Crippen LogP contribution in [0.15, 0.2) is 30.3 Å². The lowest BCUT2D eigenvalue weighted by Crippen LogP contribution is -2.40. The molecule has 1 aliphatic carbocycles. The summed E-state index contributed by atoms with van der Waals surface area (Å²) in [6.45, 7) is 3.25. The summed E-state index contributed by atoms with van der Waals surface area (Å²) in [7, 11) is 0. The largest absolute Gasteiger partial charge is 0.421 e. The van der Waals surface area contributed by atoms with Crippen molar-refractivity contribution >= 4 is 23.3 Å². The van der Waals surface area contributed by atoms with Crippen LogP contribution in [-0.4, -0.2) is 17.3 Å². The van der Waals surface area contributed by atoms with Crippen molar-refractivity contribution in [3.8, 4) is 0 Å². The lowest BCUT2D eigenvalue weighted by Gasteiger charge is -2.27. The third-order valence-corrected chi connectivity index (χ3v) is 5.57. The highest BCUT2D eigenvalue weighted by molar-refractivity contribution is 6.34. The van der Waals surface area contributed by atoms with E-state index >= 15 is 0 Å². The first kappa shape index (κ1) is 21.4. The second kappa shape index (κ2) is 7.50. The van der Waals surface area contributed by atoms with Crippen LogP contribution in [0.3, 0.4) is 0 Å². The maximum Gasteiger partial charge on any atom is 0.421 e. The molecule has 4 nitrogen and oxygen atoms in total. The molecule has 0 fully saturated rings. The van der Waals surface area contributed by atoms with Gasteiger partial charge in [-0.1, -0.05) is 23.7 Å². The average molecular weight is 431 g/mol. The number of aliphatic hydroxyl groups is 1. The predicted molar refractivity (Wildman–Crippen MR) is 101 cm³/mol. The monoisotopic (exact) mass is 430 g/mol. The van der Waals surface area contributed by atoms with Crippen molar-refractivity contribution < 1.29 is 27.5 Å². The number of alkyl halides is 3. The van der Waals surface area contributed by atoms with Crippen molar-refractivity contribution in [1.82, 2.24) is 5.32 Å². The van der Waals surface area contributed by atoms with Gasteiger partial charge in [-0.3, -0.25) is 0 Å². The van der Waals surface area contributed by atoms with Crippen LogP contribution in [-0.2, 0) is 12.0 Å². The zero-order valence-corrected chi connectivity index (χ0v) is 16.4. The van der Waals surface area contributed by atoms with E-state index in [1.807, 2.05) is 0 Å². The molecule has 0 saturated heterocycles. The molecule has 156 valence electrons. The molecule has 2 atom stereocenters. The topological polar surface area (TPSA) is 61.4 Å². The molecule has 0 aliphatic heterocycles. The van der Waals surface area contributed by atoms with E-state index in [1.165, 1.54) is 24.3 Å². The third kappa shape index (κ3) is 3.91.